The number of hydrogen-bond acceptors (Lipinski definition) is 3. The van der Waals surface area contributed by atoms with Gasteiger partial charge in [0, 0.05) is 12.6 Å². The molecule has 0 radical (unpaired) electrons. The third-order valence-corrected chi connectivity index (χ3v) is 4.18. The maximum atomic E-state index is 12.5. The van der Waals surface area contributed by atoms with E-state index in [1.54, 1.807) is 4.90 Å². The Kier molecular flexibility index (Phi) is 4.07. The molecule has 2 aromatic rings. The summed E-state index contributed by atoms with van der Waals surface area (Å²) in [6, 6.07) is 7.26. The molecule has 0 spiro atoms. The number of carbonyl (C=O) groups excluding carboxylic acids is 1. The lowest BCUT2D eigenvalue weighted by Gasteiger charge is -2.23. The van der Waals surface area contributed by atoms with Crippen LogP contribution in [-0.4, -0.2) is 22.6 Å². The van der Waals surface area contributed by atoms with Gasteiger partial charge in [-0.25, -0.2) is 4.79 Å². The smallest absolute Gasteiger partial charge is 0.322 e. The molecule has 1 aromatic carbocycles. The first-order valence-corrected chi connectivity index (χ1v) is 7.69. The van der Waals surface area contributed by atoms with Crippen LogP contribution in [-0.2, 0) is 0 Å². The molecule has 1 saturated heterocycles. The molecule has 1 aliphatic heterocycles. The summed E-state index contributed by atoms with van der Waals surface area (Å²) in [5.74, 6) is 0.754. The highest BCUT2D eigenvalue weighted by atomic mass is 35.5. The molecule has 6 heteroatoms. The second-order valence-electron chi connectivity index (χ2n) is 5.63. The third kappa shape index (κ3) is 2.95. The number of amides is 2. The summed E-state index contributed by atoms with van der Waals surface area (Å²) in [6.07, 6.45) is 1.84. The average Bonchev–Trinajstić information content (AvgIpc) is 3.10. The van der Waals surface area contributed by atoms with E-state index in [-0.39, 0.29) is 12.1 Å². The van der Waals surface area contributed by atoms with E-state index in [0.29, 0.717) is 17.3 Å². The molecule has 1 atom stereocenters. The molecule has 0 aliphatic carbocycles. The van der Waals surface area contributed by atoms with Crippen LogP contribution in [0.5, 0.6) is 0 Å². The Morgan fingerprint density at radius 3 is 2.91 bits per heavy atom. The first-order chi connectivity index (χ1) is 10.5. The van der Waals surface area contributed by atoms with Gasteiger partial charge in [0.2, 0.25) is 0 Å². The summed E-state index contributed by atoms with van der Waals surface area (Å²) in [4.78, 5) is 14.3. The van der Waals surface area contributed by atoms with Crippen molar-refractivity contribution >= 4 is 23.3 Å². The number of rotatable bonds is 2. The van der Waals surface area contributed by atoms with E-state index in [1.807, 2.05) is 38.1 Å². The van der Waals surface area contributed by atoms with Crippen LogP contribution in [0.4, 0.5) is 10.5 Å². The lowest BCUT2D eigenvalue weighted by atomic mass is 10.1. The maximum Gasteiger partial charge on any atom is 0.322 e. The molecule has 1 N–H and O–H groups in total. The van der Waals surface area contributed by atoms with Crippen LogP contribution < -0.4 is 5.32 Å². The van der Waals surface area contributed by atoms with Gasteiger partial charge < -0.3 is 14.7 Å². The first kappa shape index (κ1) is 14.9. The van der Waals surface area contributed by atoms with Gasteiger partial charge >= 0.3 is 6.03 Å². The van der Waals surface area contributed by atoms with Gasteiger partial charge in [-0.1, -0.05) is 22.8 Å². The monoisotopic (exact) mass is 319 g/mol. The van der Waals surface area contributed by atoms with Crippen LogP contribution in [0, 0.1) is 13.8 Å². The Labute approximate surface area is 134 Å². The Balaban J connectivity index is 1.76. The van der Waals surface area contributed by atoms with Crippen molar-refractivity contribution in [1.29, 1.82) is 0 Å². The fourth-order valence-electron chi connectivity index (χ4n) is 2.77. The third-order valence-electron chi connectivity index (χ3n) is 3.87. The number of carbonyl (C=O) groups is 1. The second kappa shape index (κ2) is 6.01. The van der Waals surface area contributed by atoms with Crippen molar-refractivity contribution < 1.29 is 9.32 Å². The number of hydrogen-bond donors (Lipinski definition) is 1. The molecule has 1 aliphatic rings. The normalized spacial score (nSPS) is 17.8. The average molecular weight is 320 g/mol. The van der Waals surface area contributed by atoms with Crippen LogP contribution in [0.3, 0.4) is 0 Å². The van der Waals surface area contributed by atoms with Gasteiger partial charge in [0.05, 0.1) is 16.8 Å². The van der Waals surface area contributed by atoms with Gasteiger partial charge in [0.15, 0.2) is 0 Å². The number of nitrogens with zero attached hydrogens (tertiary/aromatic N) is 2. The van der Waals surface area contributed by atoms with E-state index >= 15 is 0 Å². The molecule has 0 unspecified atom stereocenters. The van der Waals surface area contributed by atoms with E-state index in [0.717, 1.165) is 29.9 Å². The molecular weight excluding hydrogens is 302 g/mol. The molecule has 116 valence electrons. The van der Waals surface area contributed by atoms with E-state index in [1.165, 1.54) is 0 Å². The van der Waals surface area contributed by atoms with Crippen molar-refractivity contribution in [2.45, 2.75) is 32.7 Å². The minimum Gasteiger partial charge on any atom is -0.361 e. The zero-order valence-electron chi connectivity index (χ0n) is 12.6. The topological polar surface area (TPSA) is 58.4 Å². The van der Waals surface area contributed by atoms with Crippen LogP contribution in [0.15, 0.2) is 28.8 Å². The molecular formula is C16H18ClN3O2. The number of urea groups is 1. The number of benzene rings is 1. The predicted molar refractivity (Wildman–Crippen MR) is 85.1 cm³/mol. The lowest BCUT2D eigenvalue weighted by molar-refractivity contribution is 0.204. The molecule has 0 bridgehead atoms. The van der Waals surface area contributed by atoms with Gasteiger partial charge in [-0.2, -0.15) is 0 Å². The minimum atomic E-state index is -0.158. The Hall–Kier alpha value is -2.01. The minimum absolute atomic E-state index is 0.0401. The largest absolute Gasteiger partial charge is 0.361 e. The fourth-order valence-corrected chi connectivity index (χ4v) is 3.05. The van der Waals surface area contributed by atoms with E-state index in [9.17, 15) is 4.79 Å². The summed E-state index contributed by atoms with van der Waals surface area (Å²) in [5.41, 5.74) is 2.49. The van der Waals surface area contributed by atoms with E-state index in [4.69, 9.17) is 16.1 Å². The standard InChI is InChI=1S/C16H18ClN3O2/c1-10-5-6-13(12(17)8-10)18-16(21)20-7-3-4-15(20)14-9-11(2)22-19-14/h5-6,8-9,15H,3-4,7H2,1-2H3,(H,18,21)/t15-/m1/s1. The van der Waals surface area contributed by atoms with Gasteiger partial charge in [-0.3, -0.25) is 0 Å². The Bertz CT molecular complexity index is 698. The van der Waals surface area contributed by atoms with Crippen molar-refractivity contribution in [3.63, 3.8) is 0 Å². The van der Waals surface area contributed by atoms with Crippen molar-refractivity contribution in [3.8, 4) is 0 Å². The molecule has 2 amide bonds. The van der Waals surface area contributed by atoms with Crippen molar-refractivity contribution in [3.05, 3.63) is 46.3 Å². The molecule has 1 fully saturated rings. The number of aromatic nitrogens is 1. The van der Waals surface area contributed by atoms with Crippen LogP contribution in [0.2, 0.25) is 5.02 Å². The summed E-state index contributed by atoms with van der Waals surface area (Å²) >= 11 is 6.18. The summed E-state index contributed by atoms with van der Waals surface area (Å²) in [7, 11) is 0. The summed E-state index contributed by atoms with van der Waals surface area (Å²) in [6.45, 7) is 4.51. The molecule has 5 nitrogen and oxygen atoms in total. The van der Waals surface area contributed by atoms with E-state index < -0.39 is 0 Å². The van der Waals surface area contributed by atoms with Gasteiger partial charge in [-0.05, 0) is 44.4 Å². The summed E-state index contributed by atoms with van der Waals surface area (Å²) < 4.78 is 5.13. The van der Waals surface area contributed by atoms with Crippen LogP contribution >= 0.6 is 11.6 Å². The molecule has 3 rings (SSSR count). The van der Waals surface area contributed by atoms with E-state index in [2.05, 4.69) is 10.5 Å². The van der Waals surface area contributed by atoms with Crippen LogP contribution in [0.1, 0.15) is 35.9 Å². The van der Waals surface area contributed by atoms with Crippen LogP contribution in [0.25, 0.3) is 0 Å². The summed E-state index contributed by atoms with van der Waals surface area (Å²) in [5, 5.41) is 7.47. The predicted octanol–water partition coefficient (Wildman–Crippen LogP) is 4.31. The molecule has 2 heterocycles. The highest BCUT2D eigenvalue weighted by molar-refractivity contribution is 6.33. The second-order valence-corrected chi connectivity index (χ2v) is 6.03. The Morgan fingerprint density at radius 2 is 2.23 bits per heavy atom. The molecule has 22 heavy (non-hydrogen) atoms. The first-order valence-electron chi connectivity index (χ1n) is 7.31. The number of likely N-dealkylation sites (tertiary alicyclic amines) is 1. The number of nitrogens with one attached hydrogen (secondary N) is 1. The SMILES string of the molecule is Cc1ccc(NC(=O)N2CCC[C@@H]2c2cc(C)on2)c(Cl)c1. The fraction of sp³-hybridized carbons (Fsp3) is 0.375. The highest BCUT2D eigenvalue weighted by Gasteiger charge is 2.32. The maximum absolute atomic E-state index is 12.5. The van der Waals surface area contributed by atoms with Gasteiger partial charge in [-0.15, -0.1) is 0 Å². The zero-order valence-corrected chi connectivity index (χ0v) is 13.4. The van der Waals surface area contributed by atoms with Crippen molar-refractivity contribution in [2.75, 3.05) is 11.9 Å². The van der Waals surface area contributed by atoms with Gasteiger partial charge in [0.1, 0.15) is 11.5 Å². The number of anilines is 1. The zero-order chi connectivity index (χ0) is 15.7. The Morgan fingerprint density at radius 1 is 1.41 bits per heavy atom. The highest BCUT2D eigenvalue weighted by Crippen LogP contribution is 2.32. The molecule has 0 saturated carbocycles. The quantitative estimate of drug-likeness (QED) is 0.897. The number of halogens is 1. The van der Waals surface area contributed by atoms with Crippen molar-refractivity contribution in [2.24, 2.45) is 0 Å². The molecule has 1 aromatic heterocycles. The van der Waals surface area contributed by atoms with Gasteiger partial charge in [0.25, 0.3) is 0 Å². The van der Waals surface area contributed by atoms with Crippen molar-refractivity contribution in [1.82, 2.24) is 10.1 Å². The lowest BCUT2D eigenvalue weighted by Crippen LogP contribution is -2.34. The number of aryl methyl sites for hydroxylation is 2.